The van der Waals surface area contributed by atoms with Gasteiger partial charge in [-0.05, 0) is 13.5 Å². The van der Waals surface area contributed by atoms with Crippen LogP contribution in [0.1, 0.15) is 14.3 Å². The molecule has 0 amide bonds. The monoisotopic (exact) mass is 185 g/mol. The van der Waals surface area contributed by atoms with Crippen LogP contribution in [-0.4, -0.2) is 35.2 Å². The maximum atomic E-state index is 10.3. The van der Waals surface area contributed by atoms with Crippen LogP contribution in [0.15, 0.2) is 0 Å². The summed E-state index contributed by atoms with van der Waals surface area (Å²) in [5.74, 6) is -2.00. The van der Waals surface area contributed by atoms with Crippen molar-refractivity contribution in [1.29, 1.82) is 0 Å². The zero-order chi connectivity index (χ0) is 8.85. The largest absolute Gasteiger partial charge is 1.00 e. The molecule has 0 fully saturated rings. The molecule has 0 aromatic rings. The van der Waals surface area contributed by atoms with Gasteiger partial charge in [-0.2, -0.15) is 0 Å². The smallest absolute Gasteiger partial charge is 1.00 e. The predicted octanol–water partition coefficient (Wildman–Crippen LogP) is -3.36. The van der Waals surface area contributed by atoms with Crippen molar-refractivity contribution in [2.45, 2.75) is 18.9 Å². The molecule has 0 radical (unpaired) electrons. The van der Waals surface area contributed by atoms with E-state index in [0.717, 1.165) is 0 Å². The summed E-state index contributed by atoms with van der Waals surface area (Å²) in [7, 11) is 1.49. The topological polar surface area (TPSA) is 86.6 Å². The Morgan fingerprint density at radius 3 is 2.25 bits per heavy atom. The summed E-state index contributed by atoms with van der Waals surface area (Å²) < 4.78 is 0. The van der Waals surface area contributed by atoms with E-state index in [0.29, 0.717) is 0 Å². The molecule has 0 aliphatic carbocycles. The van der Waals surface area contributed by atoms with Crippen molar-refractivity contribution in [3.63, 3.8) is 0 Å². The second-order valence-electron chi connectivity index (χ2n) is 2.11. The Labute approximate surface area is 93.9 Å². The van der Waals surface area contributed by atoms with Gasteiger partial charge < -0.3 is 17.0 Å². The van der Waals surface area contributed by atoms with E-state index in [4.69, 9.17) is 10.2 Å². The molecule has 1 atom stereocenters. The molecule has 0 saturated carbocycles. The van der Waals surface area contributed by atoms with Gasteiger partial charge in [0.2, 0.25) is 0 Å². The van der Waals surface area contributed by atoms with Gasteiger partial charge in [0.1, 0.15) is 6.04 Å². The molecule has 3 N–H and O–H groups in total. The quantitative estimate of drug-likeness (QED) is 0.389. The number of aliphatic carboxylic acids is 2. The zero-order valence-corrected chi connectivity index (χ0v) is 9.20. The minimum absolute atomic E-state index is 0. The molecule has 0 rings (SSSR count). The number of hydrogen-bond acceptors (Lipinski definition) is 3. The van der Waals surface area contributed by atoms with Crippen molar-refractivity contribution in [2.75, 3.05) is 7.05 Å². The molecular formula is C6H12NNaO4. The molecule has 0 bridgehead atoms. The summed E-state index contributed by atoms with van der Waals surface area (Å²) in [4.78, 5) is 20.3. The van der Waals surface area contributed by atoms with E-state index in [1.807, 2.05) is 0 Å². The Kier molecular flexibility index (Phi) is 9.07. The fraction of sp³-hybridized carbons (Fsp3) is 0.667. The molecular weight excluding hydrogens is 173 g/mol. The fourth-order valence-electron chi connectivity index (χ4n) is 0.659. The van der Waals surface area contributed by atoms with Crippen LogP contribution in [0.2, 0.25) is 0 Å². The van der Waals surface area contributed by atoms with E-state index in [-0.39, 0.29) is 43.8 Å². The summed E-state index contributed by atoms with van der Waals surface area (Å²) in [5.41, 5.74) is 0. The maximum Gasteiger partial charge on any atom is 1.00 e. The standard InChI is InChI=1S/C6H11NO4.Na.H/c1-7-4(6(10)11)2-3-5(8)9;;/h4,7H,2-3H2,1H3,(H,8,9)(H,10,11);;/q;+1;-1/t4-;;/m0../s1. The molecule has 0 unspecified atom stereocenters. The number of hydrogen-bond donors (Lipinski definition) is 3. The van der Waals surface area contributed by atoms with Crippen molar-refractivity contribution < 1.29 is 50.8 Å². The van der Waals surface area contributed by atoms with Crippen molar-refractivity contribution in [3.8, 4) is 0 Å². The molecule has 5 nitrogen and oxygen atoms in total. The summed E-state index contributed by atoms with van der Waals surface area (Å²) in [5, 5.41) is 19.1. The Morgan fingerprint density at radius 2 is 2.00 bits per heavy atom. The molecule has 0 aromatic heterocycles. The Bertz CT molecular complexity index is 167. The van der Waals surface area contributed by atoms with E-state index in [1.54, 1.807) is 0 Å². The number of carboxylic acids is 2. The van der Waals surface area contributed by atoms with Gasteiger partial charge in [-0.1, -0.05) is 0 Å². The summed E-state index contributed by atoms with van der Waals surface area (Å²) in [6.07, 6.45) is -0.0149. The zero-order valence-electron chi connectivity index (χ0n) is 8.20. The summed E-state index contributed by atoms with van der Waals surface area (Å²) >= 11 is 0. The normalized spacial score (nSPS) is 11.4. The first kappa shape index (κ1) is 14.4. The minimum Gasteiger partial charge on any atom is -1.00 e. The van der Waals surface area contributed by atoms with E-state index in [1.165, 1.54) is 7.05 Å². The predicted molar refractivity (Wildman–Crippen MR) is 38.5 cm³/mol. The van der Waals surface area contributed by atoms with Gasteiger partial charge in [0.25, 0.3) is 0 Å². The van der Waals surface area contributed by atoms with Crippen LogP contribution in [0.5, 0.6) is 0 Å². The molecule has 0 saturated heterocycles. The second-order valence-corrected chi connectivity index (χ2v) is 2.11. The third-order valence-corrected chi connectivity index (χ3v) is 1.29. The number of rotatable bonds is 5. The number of carboxylic acid groups (broad SMARTS) is 2. The van der Waals surface area contributed by atoms with Gasteiger partial charge in [0.15, 0.2) is 0 Å². The maximum absolute atomic E-state index is 10.3. The van der Waals surface area contributed by atoms with Crippen LogP contribution in [0.25, 0.3) is 0 Å². The van der Waals surface area contributed by atoms with Crippen LogP contribution < -0.4 is 34.9 Å². The Morgan fingerprint density at radius 1 is 1.50 bits per heavy atom. The molecule has 66 valence electrons. The van der Waals surface area contributed by atoms with Gasteiger partial charge in [-0.25, -0.2) is 0 Å². The van der Waals surface area contributed by atoms with Crippen molar-refractivity contribution in [1.82, 2.24) is 5.32 Å². The van der Waals surface area contributed by atoms with Gasteiger partial charge >= 0.3 is 41.5 Å². The number of nitrogens with one attached hydrogen (secondary N) is 1. The molecule has 0 aromatic carbocycles. The second kappa shape index (κ2) is 7.54. The van der Waals surface area contributed by atoms with E-state index < -0.39 is 18.0 Å². The van der Waals surface area contributed by atoms with E-state index in [9.17, 15) is 9.59 Å². The van der Waals surface area contributed by atoms with Gasteiger partial charge in [0.05, 0.1) is 0 Å². The molecule has 0 spiro atoms. The van der Waals surface area contributed by atoms with Crippen molar-refractivity contribution in [2.24, 2.45) is 0 Å². The van der Waals surface area contributed by atoms with Gasteiger partial charge in [-0.3, -0.25) is 9.59 Å². The van der Waals surface area contributed by atoms with Crippen LogP contribution in [0, 0.1) is 0 Å². The average Bonchev–Trinajstić information content (AvgIpc) is 1.87. The minimum atomic E-state index is -1.02. The first-order chi connectivity index (χ1) is 5.07. The third-order valence-electron chi connectivity index (χ3n) is 1.29. The molecule has 0 aliphatic rings. The molecule has 0 heterocycles. The Balaban J connectivity index is -0.000000500. The van der Waals surface area contributed by atoms with Crippen LogP contribution in [0.3, 0.4) is 0 Å². The van der Waals surface area contributed by atoms with E-state index in [2.05, 4.69) is 5.32 Å². The third kappa shape index (κ3) is 6.60. The summed E-state index contributed by atoms with van der Waals surface area (Å²) in [6.45, 7) is 0. The number of carbonyl (C=O) groups is 2. The molecule has 12 heavy (non-hydrogen) atoms. The van der Waals surface area contributed by atoms with Crippen molar-refractivity contribution >= 4 is 11.9 Å². The van der Waals surface area contributed by atoms with Crippen molar-refractivity contribution in [3.05, 3.63) is 0 Å². The average molecular weight is 185 g/mol. The SMILES string of the molecule is CN[C@@H](CCC(=O)O)C(=O)O.[H-].[Na+]. The summed E-state index contributed by atoms with van der Waals surface area (Å²) in [6, 6.07) is -0.758. The first-order valence-corrected chi connectivity index (χ1v) is 3.19. The first-order valence-electron chi connectivity index (χ1n) is 3.19. The van der Waals surface area contributed by atoms with Crippen LogP contribution in [-0.2, 0) is 9.59 Å². The van der Waals surface area contributed by atoms with Crippen LogP contribution in [0.4, 0.5) is 0 Å². The molecule has 6 heteroatoms. The van der Waals surface area contributed by atoms with Crippen LogP contribution >= 0.6 is 0 Å². The van der Waals surface area contributed by atoms with Gasteiger partial charge in [-0.15, -0.1) is 0 Å². The van der Waals surface area contributed by atoms with E-state index >= 15 is 0 Å². The van der Waals surface area contributed by atoms with Gasteiger partial charge in [0, 0.05) is 6.42 Å². The number of likely N-dealkylation sites (N-methyl/N-ethyl adjacent to an activating group) is 1. The Hall–Kier alpha value is -0.100. The fourth-order valence-corrected chi connectivity index (χ4v) is 0.659. The molecule has 0 aliphatic heterocycles.